The molecule has 2 aromatic heterocycles. The molecule has 0 spiro atoms. The van der Waals surface area contributed by atoms with Gasteiger partial charge in [0.2, 0.25) is 10.4 Å². The minimum absolute atomic E-state index is 0.0354. The molecular formula is C31H39N9O11S2. The molecule has 53 heavy (non-hydrogen) atoms. The number of carbonyl (C=O) groups excluding carboxylic acids is 3. The van der Waals surface area contributed by atoms with Crippen LogP contribution in [0.2, 0.25) is 0 Å². The Kier molecular flexibility index (Phi) is 13.0. The zero-order valence-electron chi connectivity index (χ0n) is 28.8. The van der Waals surface area contributed by atoms with Gasteiger partial charge in [-0.1, -0.05) is 23.7 Å². The van der Waals surface area contributed by atoms with Crippen LogP contribution in [0, 0.1) is 0 Å². The number of carboxylic acids is 1. The summed E-state index contributed by atoms with van der Waals surface area (Å²) in [5.41, 5.74) is 16.6. The first kappa shape index (κ1) is 40.5. The quantitative estimate of drug-likeness (QED) is 0.0178. The third-order valence-corrected chi connectivity index (χ3v) is 8.93. The Morgan fingerprint density at radius 2 is 1.85 bits per heavy atom. The highest BCUT2D eigenvalue weighted by atomic mass is 32.3. The van der Waals surface area contributed by atoms with Crippen molar-refractivity contribution in [1.82, 2.24) is 15.4 Å². The maximum atomic E-state index is 13.3. The second kappa shape index (κ2) is 17.0. The summed E-state index contributed by atoms with van der Waals surface area (Å²) in [7, 11) is -3.52. The zero-order valence-corrected chi connectivity index (χ0v) is 30.4. The van der Waals surface area contributed by atoms with Gasteiger partial charge in [0, 0.05) is 17.0 Å². The number of nitrogens with two attached hydrogens (primary N) is 3. The highest BCUT2D eigenvalue weighted by Gasteiger charge is 2.57. The number of nitrogen functional groups attached to an aromatic ring is 1. The average molecular weight is 778 g/mol. The number of nitrogens with one attached hydrogen (secondary N) is 2. The van der Waals surface area contributed by atoms with Gasteiger partial charge in [-0.15, -0.1) is 11.3 Å². The molecule has 1 saturated heterocycles. The Balaban J connectivity index is 1.40. The molecular weight excluding hydrogens is 739 g/mol. The molecule has 3 amide bonds. The summed E-state index contributed by atoms with van der Waals surface area (Å²) in [5, 5.41) is 20.3. The van der Waals surface area contributed by atoms with Crippen LogP contribution in [-0.4, -0.2) is 94.4 Å². The van der Waals surface area contributed by atoms with Crippen LogP contribution < -0.4 is 37.1 Å². The number of anilines is 2. The number of hydrogen-bond donors (Lipinski definition) is 6. The van der Waals surface area contributed by atoms with E-state index in [1.165, 1.54) is 19.2 Å². The summed E-state index contributed by atoms with van der Waals surface area (Å²) in [6, 6.07) is 8.20. The molecule has 22 heteroatoms. The minimum atomic E-state index is -5.28. The Morgan fingerprint density at radius 1 is 1.17 bits per heavy atom. The number of oxime groups is 1. The van der Waals surface area contributed by atoms with Gasteiger partial charge >= 0.3 is 11.9 Å². The average Bonchev–Trinajstić information content (AvgIpc) is 3.53. The molecule has 1 fully saturated rings. The van der Waals surface area contributed by atoms with Gasteiger partial charge < -0.3 is 41.8 Å². The molecule has 1 aromatic carbocycles. The van der Waals surface area contributed by atoms with Crippen LogP contribution in [0.15, 0.2) is 53.1 Å². The van der Waals surface area contributed by atoms with Gasteiger partial charge in [-0.25, -0.2) is 32.9 Å². The van der Waals surface area contributed by atoms with Crippen molar-refractivity contribution in [2.75, 3.05) is 24.2 Å². The Morgan fingerprint density at radius 3 is 2.42 bits per heavy atom. The molecule has 20 nitrogen and oxygen atoms in total. The molecule has 286 valence electrons. The van der Waals surface area contributed by atoms with Crippen LogP contribution in [0.3, 0.4) is 0 Å². The molecule has 1 aliphatic heterocycles. The van der Waals surface area contributed by atoms with Crippen molar-refractivity contribution in [3.05, 3.63) is 53.7 Å². The summed E-state index contributed by atoms with van der Waals surface area (Å²) >= 11 is 0.938. The number of β-lactam (4-membered cyclic amide) rings is 1. The minimum Gasteiger partial charge on any atom is -0.724 e. The molecule has 2 unspecified atom stereocenters. The fraction of sp³-hybridized carbons (Fsp3) is 0.387. The number of pyridine rings is 1. The van der Waals surface area contributed by atoms with Crippen LogP contribution in [-0.2, 0) is 45.7 Å². The number of nitrogens with zero attached hydrogens (tertiary/aromatic N) is 4. The number of ether oxygens (including phenoxy) is 1. The van der Waals surface area contributed by atoms with Crippen molar-refractivity contribution >= 4 is 62.1 Å². The van der Waals surface area contributed by atoms with Crippen molar-refractivity contribution in [2.45, 2.75) is 56.8 Å². The third kappa shape index (κ3) is 10.4. The molecule has 0 saturated carbocycles. The predicted molar refractivity (Wildman–Crippen MR) is 187 cm³/mol. The Bertz CT molecular complexity index is 1970. The SMILES string of the molecule is C[n+]1cc(-c2ccc(OCC(O/N=C(\C(=O)N[C@@H]3C(=O)N(OS(=O)(=O)[O-])C3(C)C)c3csc(N)n3)C(=O)O)cc2)ccc1NC(=O)C(N)CCCCN. The highest BCUT2D eigenvalue weighted by Crippen LogP contribution is 2.33. The molecule has 9 N–H and O–H groups in total. The summed E-state index contributed by atoms with van der Waals surface area (Å²) in [6.45, 7) is 2.64. The van der Waals surface area contributed by atoms with Crippen LogP contribution in [0.1, 0.15) is 38.8 Å². The number of aliphatic carboxylic acids is 1. The van der Waals surface area contributed by atoms with Crippen LogP contribution in [0.5, 0.6) is 5.75 Å². The third-order valence-electron chi connectivity index (χ3n) is 7.92. The second-order valence-electron chi connectivity index (χ2n) is 12.2. The van der Waals surface area contributed by atoms with E-state index in [-0.39, 0.29) is 22.5 Å². The number of aromatic nitrogens is 2. The van der Waals surface area contributed by atoms with Crippen molar-refractivity contribution in [2.24, 2.45) is 23.7 Å². The standard InChI is InChI=1S/C31H39N9O11S2/c1-31(2)25(28(43)40(31)51-53(46,47)48)37-27(42)24(21-16-52-30(34)35-21)38-50-22(29(44)45)15-49-19-10-7-17(8-11-19)18-9-12-23(39(3)14-18)36-26(41)20(33)6-4-5-13-32/h7-12,14,16,20,22,25H,4-6,13,15,32-33H2,1-3H3,(H5,34,35,37,42,44,45,46,47,48)/b38-24-/t20?,22?,25-/m1/s1. The summed E-state index contributed by atoms with van der Waals surface area (Å²) in [6.07, 6.45) is 2.14. The lowest BCUT2D eigenvalue weighted by Crippen LogP contribution is -2.76. The number of unbranched alkanes of at least 4 members (excludes halogenated alkanes) is 1. The van der Waals surface area contributed by atoms with Crippen molar-refractivity contribution in [3.8, 4) is 16.9 Å². The lowest BCUT2D eigenvalue weighted by Gasteiger charge is -2.51. The van der Waals surface area contributed by atoms with E-state index in [0.717, 1.165) is 35.3 Å². The first-order valence-electron chi connectivity index (χ1n) is 15.9. The van der Waals surface area contributed by atoms with Crippen LogP contribution >= 0.6 is 11.3 Å². The van der Waals surface area contributed by atoms with Gasteiger partial charge in [0.05, 0.1) is 18.8 Å². The summed E-state index contributed by atoms with van der Waals surface area (Å²) < 4.78 is 44.6. The normalized spacial score (nSPS) is 16.6. The van der Waals surface area contributed by atoms with E-state index in [9.17, 15) is 37.3 Å². The predicted octanol–water partition coefficient (Wildman–Crippen LogP) is -0.638. The van der Waals surface area contributed by atoms with E-state index in [4.69, 9.17) is 26.8 Å². The first-order valence-corrected chi connectivity index (χ1v) is 18.1. The molecule has 3 heterocycles. The van der Waals surface area contributed by atoms with Gasteiger partial charge in [0.1, 0.15) is 30.1 Å². The number of benzene rings is 1. The van der Waals surface area contributed by atoms with Gasteiger partial charge in [-0.05, 0) is 57.0 Å². The van der Waals surface area contributed by atoms with Gasteiger partial charge in [0.15, 0.2) is 10.8 Å². The molecule has 0 aliphatic carbocycles. The molecule has 0 radical (unpaired) electrons. The van der Waals surface area contributed by atoms with E-state index in [1.54, 1.807) is 41.9 Å². The molecule has 4 rings (SSSR count). The number of rotatable bonds is 18. The smallest absolute Gasteiger partial charge is 0.351 e. The number of thiazole rings is 1. The fourth-order valence-electron chi connectivity index (χ4n) is 4.96. The number of hydroxylamine groups is 2. The van der Waals surface area contributed by atoms with Crippen molar-refractivity contribution in [3.63, 3.8) is 0 Å². The van der Waals surface area contributed by atoms with Gasteiger partial charge in [-0.3, -0.25) is 9.59 Å². The number of carboxylic acid groups (broad SMARTS) is 1. The van der Waals surface area contributed by atoms with Crippen LogP contribution in [0.25, 0.3) is 11.1 Å². The van der Waals surface area contributed by atoms with Crippen LogP contribution in [0.4, 0.5) is 10.9 Å². The molecule has 3 aromatic rings. The second-order valence-corrected chi connectivity index (χ2v) is 14.1. The maximum absolute atomic E-state index is 13.3. The van der Waals surface area contributed by atoms with Crippen molar-refractivity contribution in [1.29, 1.82) is 0 Å². The Labute approximate surface area is 307 Å². The topological polar surface area (TPSA) is 308 Å². The number of aryl methyl sites for hydroxylation is 1. The van der Waals surface area contributed by atoms with Gasteiger partial charge in [0.25, 0.3) is 23.7 Å². The molecule has 1 aliphatic rings. The van der Waals surface area contributed by atoms with E-state index in [1.807, 2.05) is 12.3 Å². The van der Waals surface area contributed by atoms with E-state index in [2.05, 4.69) is 25.1 Å². The highest BCUT2D eigenvalue weighted by molar-refractivity contribution is 7.80. The first-order chi connectivity index (χ1) is 24.9. The largest absolute Gasteiger partial charge is 0.724 e. The van der Waals surface area contributed by atoms with Crippen molar-refractivity contribution < 1.29 is 55.7 Å². The lowest BCUT2D eigenvalue weighted by atomic mass is 9.84. The summed E-state index contributed by atoms with van der Waals surface area (Å²) in [5.74, 6) is -3.06. The lowest BCUT2D eigenvalue weighted by molar-refractivity contribution is -0.656. The Hall–Kier alpha value is -5.26. The zero-order chi connectivity index (χ0) is 39.1. The van der Waals surface area contributed by atoms with E-state index in [0.29, 0.717) is 23.8 Å². The maximum Gasteiger partial charge on any atom is 0.351 e. The number of amides is 3. The molecule has 3 atom stereocenters. The summed E-state index contributed by atoms with van der Waals surface area (Å²) in [4.78, 5) is 59.4. The number of hydrogen-bond acceptors (Lipinski definition) is 16. The van der Waals surface area contributed by atoms with E-state index < -0.39 is 64.2 Å². The number of carbonyl (C=O) groups is 4. The van der Waals surface area contributed by atoms with E-state index >= 15 is 0 Å². The molecule has 0 bridgehead atoms. The fourth-order valence-corrected chi connectivity index (χ4v) is 5.96. The monoisotopic (exact) mass is 777 g/mol. The van der Waals surface area contributed by atoms with Gasteiger partial charge in [-0.2, -0.15) is 9.35 Å².